The van der Waals surface area contributed by atoms with Crippen molar-refractivity contribution in [1.82, 2.24) is 14.8 Å². The summed E-state index contributed by atoms with van der Waals surface area (Å²) < 4.78 is 7.11. The average molecular weight is 277 g/mol. The molecule has 0 aliphatic carbocycles. The Morgan fingerprint density at radius 2 is 2.37 bits per heavy atom. The van der Waals surface area contributed by atoms with E-state index in [0.29, 0.717) is 12.1 Å². The number of esters is 1. The van der Waals surface area contributed by atoms with Crippen molar-refractivity contribution in [3.8, 4) is 0 Å². The topological polar surface area (TPSA) is 57.0 Å². The van der Waals surface area contributed by atoms with Crippen LogP contribution in [0.15, 0.2) is 41.8 Å². The molecule has 0 spiro atoms. The molecule has 1 atom stereocenters. The quantitative estimate of drug-likeness (QED) is 0.619. The fourth-order valence-corrected chi connectivity index (χ4v) is 2.02. The van der Waals surface area contributed by atoms with Crippen LogP contribution in [-0.4, -0.2) is 33.1 Å². The summed E-state index contributed by atoms with van der Waals surface area (Å²) in [6.45, 7) is 2.38. The number of pyridine rings is 1. The first-order chi connectivity index (χ1) is 9.19. The summed E-state index contributed by atoms with van der Waals surface area (Å²) in [5, 5.41) is 4.88. The molecule has 0 amide bonds. The van der Waals surface area contributed by atoms with Crippen LogP contribution < -0.4 is 0 Å². The van der Waals surface area contributed by atoms with Gasteiger partial charge in [-0.1, -0.05) is 0 Å². The van der Waals surface area contributed by atoms with E-state index in [9.17, 15) is 4.79 Å². The van der Waals surface area contributed by atoms with E-state index < -0.39 is 0 Å². The van der Waals surface area contributed by atoms with Crippen molar-refractivity contribution in [3.63, 3.8) is 0 Å². The van der Waals surface area contributed by atoms with E-state index in [1.54, 1.807) is 29.2 Å². The van der Waals surface area contributed by atoms with Gasteiger partial charge in [0.25, 0.3) is 0 Å². The van der Waals surface area contributed by atoms with Crippen molar-refractivity contribution in [1.29, 1.82) is 0 Å². The molecule has 0 radical (unpaired) electrons. The van der Waals surface area contributed by atoms with Crippen LogP contribution in [0.2, 0.25) is 0 Å². The predicted molar refractivity (Wildman–Crippen MR) is 73.1 cm³/mol. The normalized spacial score (nSPS) is 12.1. The highest BCUT2D eigenvalue weighted by Crippen LogP contribution is 2.14. The number of thioether (sulfide) groups is 1. The Kier molecular flexibility index (Phi) is 4.57. The van der Waals surface area contributed by atoms with Gasteiger partial charge in [0, 0.05) is 18.6 Å². The molecule has 0 aliphatic rings. The summed E-state index contributed by atoms with van der Waals surface area (Å²) in [6, 6.07) is 5.22. The first-order valence-corrected chi connectivity index (χ1v) is 7.10. The van der Waals surface area contributed by atoms with Crippen LogP contribution >= 0.6 is 11.8 Å². The summed E-state index contributed by atoms with van der Waals surface area (Å²) >= 11 is 1.49. The molecule has 5 nitrogen and oxygen atoms in total. The first kappa shape index (κ1) is 13.6. The third-order valence-electron chi connectivity index (χ3n) is 2.49. The molecule has 0 saturated carbocycles. The van der Waals surface area contributed by atoms with Gasteiger partial charge in [-0.3, -0.25) is 4.68 Å². The molecule has 6 heteroatoms. The second-order valence-electron chi connectivity index (χ2n) is 4.03. The monoisotopic (exact) mass is 277 g/mol. The summed E-state index contributed by atoms with van der Waals surface area (Å²) in [7, 11) is 0. The summed E-state index contributed by atoms with van der Waals surface area (Å²) in [6.07, 6.45) is 6.82. The summed E-state index contributed by atoms with van der Waals surface area (Å²) in [5.41, 5.74) is 0.520. The fourth-order valence-electron chi connectivity index (χ4n) is 1.61. The number of hydrogen-bond acceptors (Lipinski definition) is 5. The average Bonchev–Trinajstić information content (AvgIpc) is 2.91. The maximum absolute atomic E-state index is 12.0. The van der Waals surface area contributed by atoms with Crippen LogP contribution in [0.3, 0.4) is 0 Å². The zero-order valence-corrected chi connectivity index (χ0v) is 11.6. The number of hydrogen-bond donors (Lipinski definition) is 0. The minimum atomic E-state index is -0.336. The Morgan fingerprint density at radius 1 is 1.53 bits per heavy atom. The zero-order chi connectivity index (χ0) is 13.7. The van der Waals surface area contributed by atoms with Crippen LogP contribution in [-0.2, 0) is 11.3 Å². The number of carbonyl (C=O) groups excluding carboxylic acids is 1. The first-order valence-electron chi connectivity index (χ1n) is 5.87. The molecule has 19 heavy (non-hydrogen) atoms. The van der Waals surface area contributed by atoms with Crippen molar-refractivity contribution < 1.29 is 9.53 Å². The van der Waals surface area contributed by atoms with Crippen LogP contribution in [0.1, 0.15) is 17.3 Å². The number of aromatic nitrogens is 3. The van der Waals surface area contributed by atoms with Crippen molar-refractivity contribution >= 4 is 17.7 Å². The van der Waals surface area contributed by atoms with E-state index in [4.69, 9.17) is 4.74 Å². The van der Waals surface area contributed by atoms with E-state index in [2.05, 4.69) is 10.1 Å². The van der Waals surface area contributed by atoms with Crippen LogP contribution in [0.5, 0.6) is 0 Å². The lowest BCUT2D eigenvalue weighted by Crippen LogP contribution is -2.21. The van der Waals surface area contributed by atoms with Crippen molar-refractivity contribution in [3.05, 3.63) is 42.4 Å². The molecule has 2 rings (SSSR count). The molecule has 0 aliphatic heterocycles. The van der Waals surface area contributed by atoms with Gasteiger partial charge in [0.1, 0.15) is 6.10 Å². The van der Waals surface area contributed by atoms with Crippen LogP contribution in [0.25, 0.3) is 0 Å². The lowest BCUT2D eigenvalue weighted by Gasteiger charge is -2.13. The molecule has 0 bridgehead atoms. The SMILES string of the molecule is CSc1cc(C(=O)O[C@H](C)Cn2cccn2)ccn1. The molecule has 2 aromatic rings. The minimum absolute atomic E-state index is 0.238. The number of carbonyl (C=O) groups is 1. The Labute approximate surface area is 116 Å². The van der Waals surface area contributed by atoms with Crippen molar-refractivity contribution in [2.75, 3.05) is 6.26 Å². The molecular weight excluding hydrogens is 262 g/mol. The van der Waals surface area contributed by atoms with Gasteiger partial charge in [0.05, 0.1) is 17.1 Å². The number of nitrogens with zero attached hydrogens (tertiary/aromatic N) is 3. The lowest BCUT2D eigenvalue weighted by molar-refractivity contribution is 0.0298. The minimum Gasteiger partial charge on any atom is -0.457 e. The van der Waals surface area contributed by atoms with Gasteiger partial charge >= 0.3 is 5.97 Å². The molecule has 2 heterocycles. The number of ether oxygens (including phenoxy) is 1. The van der Waals surface area contributed by atoms with E-state index in [1.165, 1.54) is 11.8 Å². The van der Waals surface area contributed by atoms with Gasteiger partial charge in [0.15, 0.2) is 0 Å². The highest BCUT2D eigenvalue weighted by molar-refractivity contribution is 7.98. The predicted octanol–water partition coefficient (Wildman–Crippen LogP) is 2.25. The van der Waals surface area contributed by atoms with Gasteiger partial charge in [-0.05, 0) is 31.4 Å². The molecule has 0 fully saturated rings. The Bertz CT molecular complexity index is 543. The van der Waals surface area contributed by atoms with Gasteiger partial charge < -0.3 is 4.74 Å². The standard InChI is InChI=1S/C13H15N3O2S/c1-10(9-16-7-3-5-15-16)18-13(17)11-4-6-14-12(8-11)19-2/h3-8,10H,9H2,1-2H3/t10-/m1/s1. The number of rotatable bonds is 5. The highest BCUT2D eigenvalue weighted by Gasteiger charge is 2.13. The third-order valence-corrected chi connectivity index (χ3v) is 3.13. The van der Waals surface area contributed by atoms with Gasteiger partial charge in [-0.15, -0.1) is 11.8 Å². The van der Waals surface area contributed by atoms with Crippen molar-refractivity contribution in [2.45, 2.75) is 24.6 Å². The fraction of sp³-hybridized carbons (Fsp3) is 0.308. The highest BCUT2D eigenvalue weighted by atomic mass is 32.2. The maximum atomic E-state index is 12.0. The third kappa shape index (κ3) is 3.82. The second kappa shape index (κ2) is 6.38. The molecule has 2 aromatic heterocycles. The van der Waals surface area contributed by atoms with Gasteiger partial charge in [-0.25, -0.2) is 9.78 Å². The zero-order valence-electron chi connectivity index (χ0n) is 10.8. The Morgan fingerprint density at radius 3 is 3.05 bits per heavy atom. The van der Waals surface area contributed by atoms with Gasteiger partial charge in [0.2, 0.25) is 0 Å². The van der Waals surface area contributed by atoms with Crippen molar-refractivity contribution in [2.24, 2.45) is 0 Å². The van der Waals surface area contributed by atoms with Crippen LogP contribution in [0.4, 0.5) is 0 Å². The smallest absolute Gasteiger partial charge is 0.338 e. The summed E-state index contributed by atoms with van der Waals surface area (Å²) in [4.78, 5) is 16.1. The van der Waals surface area contributed by atoms with Crippen LogP contribution in [0, 0.1) is 0 Å². The Balaban J connectivity index is 1.96. The maximum Gasteiger partial charge on any atom is 0.338 e. The molecular formula is C13H15N3O2S. The Hall–Kier alpha value is -1.82. The van der Waals surface area contributed by atoms with E-state index >= 15 is 0 Å². The molecule has 0 unspecified atom stereocenters. The molecule has 100 valence electrons. The second-order valence-corrected chi connectivity index (χ2v) is 4.86. The molecule has 0 saturated heterocycles. The van der Waals surface area contributed by atoms with Gasteiger partial charge in [-0.2, -0.15) is 5.10 Å². The molecule has 0 aromatic carbocycles. The molecule has 0 N–H and O–H groups in total. The van der Waals surface area contributed by atoms with E-state index in [0.717, 1.165) is 5.03 Å². The summed E-state index contributed by atoms with van der Waals surface area (Å²) in [5.74, 6) is -0.336. The largest absolute Gasteiger partial charge is 0.457 e. The lowest BCUT2D eigenvalue weighted by atomic mass is 10.3. The van der Waals surface area contributed by atoms with E-state index in [1.807, 2.05) is 25.4 Å². The van der Waals surface area contributed by atoms with E-state index in [-0.39, 0.29) is 12.1 Å².